The van der Waals surface area contributed by atoms with E-state index in [0.717, 1.165) is 5.56 Å². The number of carbonyl (C=O) groups excluding carboxylic acids is 1. The maximum atomic E-state index is 12.1. The molecule has 0 heterocycles. The van der Waals surface area contributed by atoms with E-state index in [1.54, 1.807) is 25.3 Å². The molecule has 0 unspecified atom stereocenters. The van der Waals surface area contributed by atoms with E-state index in [1.807, 2.05) is 25.1 Å². The van der Waals surface area contributed by atoms with Crippen LogP contribution in [0.3, 0.4) is 0 Å². The van der Waals surface area contributed by atoms with E-state index in [0.29, 0.717) is 46.7 Å². The van der Waals surface area contributed by atoms with Gasteiger partial charge in [-0.3, -0.25) is 4.79 Å². The largest absolute Gasteiger partial charge is 0.493 e. The predicted octanol–water partition coefficient (Wildman–Crippen LogP) is 4.97. The molecule has 24 heavy (non-hydrogen) atoms. The molecule has 0 saturated heterocycles. The molecule has 0 radical (unpaired) electrons. The van der Waals surface area contributed by atoms with Crippen molar-refractivity contribution in [2.24, 2.45) is 0 Å². The molecule has 1 amide bonds. The maximum absolute atomic E-state index is 12.1. The van der Waals surface area contributed by atoms with Gasteiger partial charge in [0.2, 0.25) is 5.91 Å². The summed E-state index contributed by atoms with van der Waals surface area (Å²) >= 11 is 11.9. The first-order valence-electron chi connectivity index (χ1n) is 7.58. The summed E-state index contributed by atoms with van der Waals surface area (Å²) in [4.78, 5) is 12.1. The van der Waals surface area contributed by atoms with Crippen LogP contribution in [0, 0.1) is 0 Å². The lowest BCUT2D eigenvalue weighted by Crippen LogP contribution is -2.12. The number of amides is 1. The van der Waals surface area contributed by atoms with Crippen LogP contribution in [-0.4, -0.2) is 19.6 Å². The van der Waals surface area contributed by atoms with Gasteiger partial charge in [-0.05, 0) is 49.2 Å². The van der Waals surface area contributed by atoms with Crippen LogP contribution in [0.1, 0.15) is 18.9 Å². The first-order valence-corrected chi connectivity index (χ1v) is 8.33. The van der Waals surface area contributed by atoms with Crippen molar-refractivity contribution >= 4 is 34.8 Å². The van der Waals surface area contributed by atoms with Crippen LogP contribution in [0.2, 0.25) is 10.0 Å². The van der Waals surface area contributed by atoms with Gasteiger partial charge in [0.1, 0.15) is 0 Å². The number of ether oxygens (including phenoxy) is 2. The van der Waals surface area contributed by atoms with Crippen LogP contribution in [0.5, 0.6) is 11.5 Å². The Morgan fingerprint density at radius 3 is 2.58 bits per heavy atom. The number of aryl methyl sites for hydroxylation is 1. The van der Waals surface area contributed by atoms with Crippen molar-refractivity contribution in [3.05, 3.63) is 52.0 Å². The Bertz CT molecular complexity index is 719. The Kier molecular flexibility index (Phi) is 6.76. The first kappa shape index (κ1) is 18.4. The number of nitrogens with one attached hydrogen (secondary N) is 1. The fourth-order valence-corrected chi connectivity index (χ4v) is 2.66. The highest BCUT2D eigenvalue weighted by Crippen LogP contribution is 2.29. The number of carbonyl (C=O) groups is 1. The quantitative estimate of drug-likeness (QED) is 0.751. The molecule has 1 N–H and O–H groups in total. The molecular weight excluding hydrogens is 349 g/mol. The minimum absolute atomic E-state index is 0.118. The molecule has 128 valence electrons. The van der Waals surface area contributed by atoms with Gasteiger partial charge in [-0.15, -0.1) is 0 Å². The number of hydrogen-bond donors (Lipinski definition) is 1. The van der Waals surface area contributed by atoms with E-state index in [1.165, 1.54) is 0 Å². The van der Waals surface area contributed by atoms with Crippen LogP contribution >= 0.6 is 23.2 Å². The van der Waals surface area contributed by atoms with E-state index in [9.17, 15) is 4.79 Å². The minimum Gasteiger partial charge on any atom is -0.493 e. The monoisotopic (exact) mass is 367 g/mol. The molecule has 2 rings (SSSR count). The lowest BCUT2D eigenvalue weighted by atomic mass is 10.1. The summed E-state index contributed by atoms with van der Waals surface area (Å²) in [7, 11) is 1.59. The third-order valence-corrected chi connectivity index (χ3v) is 3.92. The van der Waals surface area contributed by atoms with Gasteiger partial charge >= 0.3 is 0 Å². The lowest BCUT2D eigenvalue weighted by molar-refractivity contribution is -0.116. The van der Waals surface area contributed by atoms with Crippen LogP contribution in [0.25, 0.3) is 0 Å². The van der Waals surface area contributed by atoms with Gasteiger partial charge in [-0.1, -0.05) is 29.3 Å². The highest BCUT2D eigenvalue weighted by Gasteiger charge is 2.09. The summed E-state index contributed by atoms with van der Waals surface area (Å²) < 4.78 is 10.8. The van der Waals surface area contributed by atoms with Gasteiger partial charge in [-0.25, -0.2) is 0 Å². The summed E-state index contributed by atoms with van der Waals surface area (Å²) in [5.41, 5.74) is 1.54. The van der Waals surface area contributed by atoms with Gasteiger partial charge in [0.25, 0.3) is 0 Å². The standard InChI is InChI=1S/C18H19Cl2NO3/c1-3-24-16-8-4-12(10-17(16)23-2)5-9-18(22)21-15-7-6-13(19)11-14(15)20/h4,6-8,10-11H,3,5,9H2,1-2H3,(H,21,22). The number of methoxy groups -OCH3 is 1. The normalized spacial score (nSPS) is 10.3. The van der Waals surface area contributed by atoms with Gasteiger partial charge in [0, 0.05) is 11.4 Å². The fourth-order valence-electron chi connectivity index (χ4n) is 2.20. The smallest absolute Gasteiger partial charge is 0.224 e. The lowest BCUT2D eigenvalue weighted by Gasteiger charge is -2.11. The van der Waals surface area contributed by atoms with E-state index in [2.05, 4.69) is 5.32 Å². The maximum Gasteiger partial charge on any atom is 0.224 e. The molecule has 0 fully saturated rings. The zero-order valence-corrected chi connectivity index (χ0v) is 15.1. The molecule has 0 aromatic heterocycles. The number of rotatable bonds is 7. The third-order valence-electron chi connectivity index (χ3n) is 3.37. The van der Waals surface area contributed by atoms with Crippen molar-refractivity contribution in [2.75, 3.05) is 19.0 Å². The molecule has 0 atom stereocenters. The second kappa shape index (κ2) is 8.81. The molecule has 6 heteroatoms. The minimum atomic E-state index is -0.118. The topological polar surface area (TPSA) is 47.6 Å². The van der Waals surface area contributed by atoms with Crippen molar-refractivity contribution in [1.29, 1.82) is 0 Å². The van der Waals surface area contributed by atoms with Crippen molar-refractivity contribution in [3.63, 3.8) is 0 Å². The average Bonchev–Trinajstić information content (AvgIpc) is 2.56. The molecule has 2 aromatic carbocycles. The molecule has 4 nitrogen and oxygen atoms in total. The summed E-state index contributed by atoms with van der Waals surface area (Å²) in [6.45, 7) is 2.49. The molecule has 2 aromatic rings. The van der Waals surface area contributed by atoms with Crippen molar-refractivity contribution in [1.82, 2.24) is 0 Å². The molecular formula is C18H19Cl2NO3. The Morgan fingerprint density at radius 1 is 1.12 bits per heavy atom. The summed E-state index contributed by atoms with van der Waals surface area (Å²) in [6, 6.07) is 10.6. The van der Waals surface area contributed by atoms with Gasteiger partial charge < -0.3 is 14.8 Å². The van der Waals surface area contributed by atoms with Crippen molar-refractivity contribution in [2.45, 2.75) is 19.8 Å². The zero-order valence-electron chi connectivity index (χ0n) is 13.6. The molecule has 0 spiro atoms. The highest BCUT2D eigenvalue weighted by molar-refractivity contribution is 6.36. The molecule has 0 saturated carbocycles. The fraction of sp³-hybridized carbons (Fsp3) is 0.278. The molecule has 0 bridgehead atoms. The molecule has 0 aliphatic heterocycles. The van der Waals surface area contributed by atoms with Crippen LogP contribution in [-0.2, 0) is 11.2 Å². The Balaban J connectivity index is 1.96. The van der Waals surface area contributed by atoms with Gasteiger partial charge in [0.05, 0.1) is 24.4 Å². The second-order valence-corrected chi connectivity index (χ2v) is 5.93. The highest BCUT2D eigenvalue weighted by atomic mass is 35.5. The third kappa shape index (κ3) is 5.05. The molecule has 0 aliphatic rings. The van der Waals surface area contributed by atoms with E-state index < -0.39 is 0 Å². The number of benzene rings is 2. The Labute approximate surface area is 151 Å². The summed E-state index contributed by atoms with van der Waals surface area (Å²) in [5, 5.41) is 3.73. The SMILES string of the molecule is CCOc1ccc(CCC(=O)Nc2ccc(Cl)cc2Cl)cc1OC. The van der Waals surface area contributed by atoms with E-state index >= 15 is 0 Å². The molecule has 0 aliphatic carbocycles. The Hall–Kier alpha value is -1.91. The van der Waals surface area contributed by atoms with Gasteiger partial charge in [-0.2, -0.15) is 0 Å². The summed E-state index contributed by atoms with van der Waals surface area (Å²) in [5.74, 6) is 1.24. The van der Waals surface area contributed by atoms with Crippen LogP contribution in [0.4, 0.5) is 5.69 Å². The second-order valence-electron chi connectivity index (χ2n) is 5.09. The predicted molar refractivity (Wildman–Crippen MR) is 97.6 cm³/mol. The average molecular weight is 368 g/mol. The Morgan fingerprint density at radius 2 is 1.92 bits per heavy atom. The van der Waals surface area contributed by atoms with Crippen molar-refractivity contribution in [3.8, 4) is 11.5 Å². The first-order chi connectivity index (χ1) is 11.5. The number of hydrogen-bond acceptors (Lipinski definition) is 3. The van der Waals surface area contributed by atoms with E-state index in [-0.39, 0.29) is 5.91 Å². The van der Waals surface area contributed by atoms with Crippen LogP contribution in [0.15, 0.2) is 36.4 Å². The van der Waals surface area contributed by atoms with E-state index in [4.69, 9.17) is 32.7 Å². The van der Waals surface area contributed by atoms with Crippen LogP contribution < -0.4 is 14.8 Å². The zero-order chi connectivity index (χ0) is 17.5. The van der Waals surface area contributed by atoms with Gasteiger partial charge in [0.15, 0.2) is 11.5 Å². The number of anilines is 1. The number of halogens is 2. The summed E-state index contributed by atoms with van der Waals surface area (Å²) in [6.07, 6.45) is 0.913. The van der Waals surface area contributed by atoms with Crippen molar-refractivity contribution < 1.29 is 14.3 Å².